The smallest absolute Gasteiger partial charge is 0.0337 e. The lowest BCUT2D eigenvalue weighted by Gasteiger charge is -2.31. The van der Waals surface area contributed by atoms with Crippen LogP contribution in [-0.2, 0) is 6.54 Å². The van der Waals surface area contributed by atoms with Crippen molar-refractivity contribution in [2.45, 2.75) is 56.8 Å². The average molecular weight is 259 g/mol. The molecule has 19 heavy (non-hydrogen) atoms. The highest BCUT2D eigenvalue weighted by Gasteiger charge is 2.24. The zero-order valence-corrected chi connectivity index (χ0v) is 11.6. The van der Waals surface area contributed by atoms with Crippen molar-refractivity contribution in [2.75, 3.05) is 6.54 Å². The van der Waals surface area contributed by atoms with Crippen molar-refractivity contribution >= 4 is 0 Å². The molecule has 1 atom stereocenters. The summed E-state index contributed by atoms with van der Waals surface area (Å²) >= 11 is 0. The van der Waals surface area contributed by atoms with Crippen LogP contribution in [0.3, 0.4) is 0 Å². The molecule has 0 radical (unpaired) electrons. The van der Waals surface area contributed by atoms with Gasteiger partial charge in [-0.2, -0.15) is 0 Å². The molecule has 104 valence electrons. The van der Waals surface area contributed by atoms with E-state index in [1.165, 1.54) is 43.2 Å². The first kappa shape index (κ1) is 13.1. The number of nitrogens with one attached hydrogen (secondary N) is 2. The zero-order valence-electron chi connectivity index (χ0n) is 11.6. The van der Waals surface area contributed by atoms with E-state index in [0.717, 1.165) is 13.1 Å². The van der Waals surface area contributed by atoms with Gasteiger partial charge in [-0.15, -0.1) is 0 Å². The molecule has 0 saturated heterocycles. The molecular formula is C16H25N3. The Morgan fingerprint density at radius 1 is 1.05 bits per heavy atom. The minimum Gasteiger partial charge on any atom is -0.328 e. The van der Waals surface area contributed by atoms with Gasteiger partial charge in [-0.1, -0.05) is 24.3 Å². The molecule has 1 aromatic carbocycles. The lowest BCUT2D eigenvalue weighted by Crippen LogP contribution is -2.39. The lowest BCUT2D eigenvalue weighted by atomic mass is 9.90. The van der Waals surface area contributed by atoms with Crippen LogP contribution in [-0.4, -0.2) is 18.6 Å². The molecule has 0 aromatic heterocycles. The van der Waals surface area contributed by atoms with Crippen molar-refractivity contribution in [3.05, 3.63) is 35.4 Å². The summed E-state index contributed by atoms with van der Waals surface area (Å²) in [5, 5.41) is 7.40. The fourth-order valence-corrected chi connectivity index (χ4v) is 3.40. The molecule has 0 bridgehead atoms. The quantitative estimate of drug-likeness (QED) is 0.762. The van der Waals surface area contributed by atoms with Crippen molar-refractivity contribution in [2.24, 2.45) is 5.73 Å². The Hall–Kier alpha value is -0.900. The van der Waals surface area contributed by atoms with Crippen LogP contribution in [0, 0.1) is 0 Å². The molecule has 3 rings (SSSR count). The highest BCUT2D eigenvalue weighted by Crippen LogP contribution is 2.26. The maximum Gasteiger partial charge on any atom is 0.0337 e. The summed E-state index contributed by atoms with van der Waals surface area (Å²) in [6, 6.07) is 10.4. The van der Waals surface area contributed by atoms with Gasteiger partial charge in [-0.25, -0.2) is 0 Å². The SMILES string of the molecule is NC1CCC(NC2CCNCc3ccccc32)CC1. The molecule has 0 spiro atoms. The van der Waals surface area contributed by atoms with E-state index < -0.39 is 0 Å². The Labute approximate surface area is 116 Å². The fourth-order valence-electron chi connectivity index (χ4n) is 3.40. The number of hydrogen-bond acceptors (Lipinski definition) is 3. The molecule has 1 saturated carbocycles. The van der Waals surface area contributed by atoms with Crippen LogP contribution >= 0.6 is 0 Å². The second-order valence-electron chi connectivity index (χ2n) is 6.00. The van der Waals surface area contributed by atoms with Crippen molar-refractivity contribution in [3.63, 3.8) is 0 Å². The van der Waals surface area contributed by atoms with Crippen LogP contribution in [0.15, 0.2) is 24.3 Å². The molecule has 1 aliphatic carbocycles. The highest BCUT2D eigenvalue weighted by atomic mass is 15.0. The number of nitrogens with two attached hydrogens (primary N) is 1. The van der Waals surface area contributed by atoms with E-state index in [4.69, 9.17) is 5.73 Å². The van der Waals surface area contributed by atoms with Crippen LogP contribution in [0.2, 0.25) is 0 Å². The number of hydrogen-bond donors (Lipinski definition) is 3. The van der Waals surface area contributed by atoms with Crippen LogP contribution in [0.5, 0.6) is 0 Å². The second-order valence-corrected chi connectivity index (χ2v) is 6.00. The van der Waals surface area contributed by atoms with Gasteiger partial charge in [0, 0.05) is 24.7 Å². The van der Waals surface area contributed by atoms with E-state index in [1.54, 1.807) is 0 Å². The number of rotatable bonds is 2. The standard InChI is InChI=1S/C16H25N3/c17-13-5-7-14(8-6-13)19-16-9-10-18-11-12-3-1-2-4-15(12)16/h1-4,13-14,16,18-19H,5-11,17H2. The Morgan fingerprint density at radius 3 is 2.68 bits per heavy atom. The molecule has 3 heteroatoms. The maximum atomic E-state index is 5.99. The average Bonchev–Trinajstić information content (AvgIpc) is 2.64. The fraction of sp³-hybridized carbons (Fsp3) is 0.625. The third-order valence-electron chi connectivity index (χ3n) is 4.56. The summed E-state index contributed by atoms with van der Waals surface area (Å²) in [5.74, 6) is 0. The van der Waals surface area contributed by atoms with Gasteiger partial charge in [0.1, 0.15) is 0 Å². The van der Waals surface area contributed by atoms with E-state index in [2.05, 4.69) is 34.9 Å². The molecule has 1 aliphatic heterocycles. The van der Waals surface area contributed by atoms with Crippen LogP contribution in [0.1, 0.15) is 49.3 Å². The predicted molar refractivity (Wildman–Crippen MR) is 78.9 cm³/mol. The molecule has 0 amide bonds. The van der Waals surface area contributed by atoms with Gasteiger partial charge in [0.15, 0.2) is 0 Å². The van der Waals surface area contributed by atoms with Gasteiger partial charge in [-0.05, 0) is 49.8 Å². The van der Waals surface area contributed by atoms with Gasteiger partial charge >= 0.3 is 0 Å². The van der Waals surface area contributed by atoms with Gasteiger partial charge in [-0.3, -0.25) is 0 Å². The van der Waals surface area contributed by atoms with Gasteiger partial charge in [0.05, 0.1) is 0 Å². The van der Waals surface area contributed by atoms with Crippen LogP contribution < -0.4 is 16.4 Å². The monoisotopic (exact) mass is 259 g/mol. The minimum atomic E-state index is 0.432. The summed E-state index contributed by atoms with van der Waals surface area (Å²) < 4.78 is 0. The van der Waals surface area contributed by atoms with Gasteiger partial charge in [0.25, 0.3) is 0 Å². The molecule has 2 aliphatic rings. The van der Waals surface area contributed by atoms with Crippen molar-refractivity contribution < 1.29 is 0 Å². The predicted octanol–water partition coefficient (Wildman–Crippen LogP) is 2.08. The van der Waals surface area contributed by atoms with Gasteiger partial charge in [0.2, 0.25) is 0 Å². The molecule has 3 nitrogen and oxygen atoms in total. The Kier molecular flexibility index (Phi) is 4.16. The van der Waals surface area contributed by atoms with Crippen LogP contribution in [0.25, 0.3) is 0 Å². The van der Waals surface area contributed by atoms with E-state index in [-0.39, 0.29) is 0 Å². The molecule has 1 fully saturated rings. The highest BCUT2D eigenvalue weighted by molar-refractivity contribution is 5.31. The summed E-state index contributed by atoms with van der Waals surface area (Å²) in [7, 11) is 0. The molecular weight excluding hydrogens is 234 g/mol. The molecule has 4 N–H and O–H groups in total. The summed E-state index contributed by atoms with van der Waals surface area (Å²) in [4.78, 5) is 0. The summed E-state index contributed by atoms with van der Waals surface area (Å²) in [5.41, 5.74) is 8.93. The third kappa shape index (κ3) is 3.16. The second kappa shape index (κ2) is 6.04. The first-order valence-corrected chi connectivity index (χ1v) is 7.63. The third-order valence-corrected chi connectivity index (χ3v) is 4.56. The van der Waals surface area contributed by atoms with Crippen molar-refractivity contribution in [1.29, 1.82) is 0 Å². The molecule has 1 heterocycles. The lowest BCUT2D eigenvalue weighted by molar-refractivity contribution is 0.310. The largest absolute Gasteiger partial charge is 0.328 e. The van der Waals surface area contributed by atoms with Crippen molar-refractivity contribution in [1.82, 2.24) is 10.6 Å². The first-order chi connectivity index (χ1) is 9.33. The summed E-state index contributed by atoms with van der Waals surface area (Å²) in [6.07, 6.45) is 5.98. The Morgan fingerprint density at radius 2 is 1.84 bits per heavy atom. The number of fused-ring (bicyclic) bond motifs is 1. The van der Waals surface area contributed by atoms with Crippen molar-refractivity contribution in [3.8, 4) is 0 Å². The Balaban J connectivity index is 1.70. The topological polar surface area (TPSA) is 50.1 Å². The normalized spacial score (nSPS) is 31.5. The molecule has 1 unspecified atom stereocenters. The maximum absolute atomic E-state index is 5.99. The van der Waals surface area contributed by atoms with E-state index in [9.17, 15) is 0 Å². The van der Waals surface area contributed by atoms with Crippen LogP contribution in [0.4, 0.5) is 0 Å². The van der Waals surface area contributed by atoms with E-state index >= 15 is 0 Å². The van der Waals surface area contributed by atoms with E-state index in [1.807, 2.05) is 0 Å². The van der Waals surface area contributed by atoms with E-state index in [0.29, 0.717) is 18.1 Å². The Bertz CT molecular complexity index is 410. The molecule has 1 aromatic rings. The summed E-state index contributed by atoms with van der Waals surface area (Å²) in [6.45, 7) is 2.10. The minimum absolute atomic E-state index is 0.432. The first-order valence-electron chi connectivity index (χ1n) is 7.63. The van der Waals surface area contributed by atoms with Gasteiger partial charge < -0.3 is 16.4 Å². The number of benzene rings is 1. The zero-order chi connectivity index (χ0) is 13.1.